The fourth-order valence-electron chi connectivity index (χ4n) is 1.96. The van der Waals surface area contributed by atoms with Crippen molar-refractivity contribution in [2.45, 2.75) is 13.3 Å². The van der Waals surface area contributed by atoms with E-state index in [4.69, 9.17) is 5.11 Å². The summed E-state index contributed by atoms with van der Waals surface area (Å²) in [5.74, 6) is -1.93. The van der Waals surface area contributed by atoms with Crippen molar-refractivity contribution in [2.75, 3.05) is 31.7 Å². The van der Waals surface area contributed by atoms with Gasteiger partial charge in [-0.25, -0.2) is 9.18 Å². The van der Waals surface area contributed by atoms with Crippen LogP contribution in [0.4, 0.5) is 15.8 Å². The van der Waals surface area contributed by atoms with Crippen LogP contribution in [0.5, 0.6) is 0 Å². The van der Waals surface area contributed by atoms with E-state index >= 15 is 0 Å². The van der Waals surface area contributed by atoms with Gasteiger partial charge in [0.05, 0.1) is 30.3 Å². The molecule has 0 aliphatic rings. The Morgan fingerprint density at radius 2 is 2.14 bits per heavy atom. The third-order valence-corrected chi connectivity index (χ3v) is 2.87. The van der Waals surface area contributed by atoms with E-state index in [0.29, 0.717) is 19.0 Å². The summed E-state index contributed by atoms with van der Waals surface area (Å²) in [6.07, 6.45) is 0.669. The number of benzene rings is 1. The Morgan fingerprint density at radius 3 is 2.62 bits per heavy atom. The van der Waals surface area contributed by atoms with Crippen LogP contribution in [0.2, 0.25) is 0 Å². The van der Waals surface area contributed by atoms with Gasteiger partial charge in [-0.05, 0) is 12.5 Å². The Labute approximate surface area is 121 Å². The van der Waals surface area contributed by atoms with E-state index in [2.05, 4.69) is 4.74 Å². The molecule has 0 heterocycles. The number of ether oxygens (including phenoxy) is 1. The maximum Gasteiger partial charge on any atom is 0.340 e. The van der Waals surface area contributed by atoms with Crippen LogP contribution in [0.3, 0.4) is 0 Å². The molecular weight excluding hydrogens is 283 g/mol. The number of halogens is 1. The van der Waals surface area contributed by atoms with Gasteiger partial charge in [0, 0.05) is 13.1 Å². The minimum Gasteiger partial charge on any atom is -0.465 e. The van der Waals surface area contributed by atoms with Gasteiger partial charge in [-0.1, -0.05) is 6.92 Å². The van der Waals surface area contributed by atoms with Gasteiger partial charge in [0.2, 0.25) is 0 Å². The molecule has 0 aliphatic carbocycles. The fourth-order valence-corrected chi connectivity index (χ4v) is 1.96. The zero-order valence-corrected chi connectivity index (χ0v) is 11.8. The van der Waals surface area contributed by atoms with Crippen LogP contribution in [0.1, 0.15) is 23.7 Å². The van der Waals surface area contributed by atoms with Crippen molar-refractivity contribution in [2.24, 2.45) is 0 Å². The number of hydrogen-bond acceptors (Lipinski definition) is 6. The molecule has 0 amide bonds. The van der Waals surface area contributed by atoms with Gasteiger partial charge in [0.25, 0.3) is 5.69 Å². The molecular formula is C13H17FN2O5. The summed E-state index contributed by atoms with van der Waals surface area (Å²) in [4.78, 5) is 23.4. The number of nitrogens with zero attached hydrogens (tertiary/aromatic N) is 2. The summed E-state index contributed by atoms with van der Waals surface area (Å²) >= 11 is 0. The first kappa shape index (κ1) is 16.8. The van der Waals surface area contributed by atoms with Crippen molar-refractivity contribution in [3.63, 3.8) is 0 Å². The second-order valence-corrected chi connectivity index (χ2v) is 4.28. The minimum atomic E-state index is -1.02. The van der Waals surface area contributed by atoms with E-state index in [1.165, 1.54) is 4.90 Å². The van der Waals surface area contributed by atoms with Crippen LogP contribution in [0.15, 0.2) is 12.1 Å². The monoisotopic (exact) mass is 300 g/mol. The maximum absolute atomic E-state index is 13.8. The number of rotatable bonds is 7. The summed E-state index contributed by atoms with van der Waals surface area (Å²) < 4.78 is 18.2. The highest BCUT2D eigenvalue weighted by molar-refractivity contribution is 5.92. The van der Waals surface area contributed by atoms with Gasteiger partial charge in [0.15, 0.2) is 0 Å². The highest BCUT2D eigenvalue weighted by Gasteiger charge is 2.25. The molecule has 1 aromatic carbocycles. The summed E-state index contributed by atoms with van der Waals surface area (Å²) in [6, 6.07) is 1.78. The molecule has 0 aromatic heterocycles. The molecule has 0 saturated heterocycles. The summed E-state index contributed by atoms with van der Waals surface area (Å²) in [5.41, 5.74) is -0.753. The zero-order chi connectivity index (χ0) is 16.0. The first-order valence-electron chi connectivity index (χ1n) is 6.38. The molecule has 0 bridgehead atoms. The standard InChI is InChI=1S/C13H17FN2O5/c1-3-4-15(5-6-17)11-7-9(13(18)21-2)10(14)8-12(11)16(19)20/h7-8,17H,3-6H2,1-2H3. The molecule has 8 heteroatoms. The van der Waals surface area contributed by atoms with Crippen LogP contribution >= 0.6 is 0 Å². The molecule has 0 atom stereocenters. The summed E-state index contributed by atoms with van der Waals surface area (Å²) in [5, 5.41) is 20.1. The van der Waals surface area contributed by atoms with Crippen LogP contribution in [-0.4, -0.2) is 42.8 Å². The quantitative estimate of drug-likeness (QED) is 0.468. The Kier molecular flexibility index (Phi) is 6.04. The van der Waals surface area contributed by atoms with Crippen molar-refractivity contribution in [1.82, 2.24) is 0 Å². The lowest BCUT2D eigenvalue weighted by Crippen LogP contribution is -2.28. The average Bonchev–Trinajstić information content (AvgIpc) is 2.46. The zero-order valence-electron chi connectivity index (χ0n) is 11.8. The Morgan fingerprint density at radius 1 is 1.48 bits per heavy atom. The fraction of sp³-hybridized carbons (Fsp3) is 0.462. The van der Waals surface area contributed by atoms with Gasteiger partial charge >= 0.3 is 5.97 Å². The third-order valence-electron chi connectivity index (χ3n) is 2.87. The number of methoxy groups -OCH3 is 1. The lowest BCUT2D eigenvalue weighted by atomic mass is 10.1. The van der Waals surface area contributed by atoms with Crippen molar-refractivity contribution in [3.05, 3.63) is 33.6 Å². The van der Waals surface area contributed by atoms with Gasteiger partial charge in [-0.3, -0.25) is 10.1 Å². The number of anilines is 1. The van der Waals surface area contributed by atoms with Crippen LogP contribution in [0.25, 0.3) is 0 Å². The number of nitro groups is 1. The average molecular weight is 300 g/mol. The van der Waals surface area contributed by atoms with Crippen LogP contribution in [0, 0.1) is 15.9 Å². The number of aliphatic hydroxyl groups excluding tert-OH is 1. The molecule has 1 aromatic rings. The largest absolute Gasteiger partial charge is 0.465 e. The second kappa shape index (κ2) is 7.53. The number of hydrogen-bond donors (Lipinski definition) is 1. The Hall–Kier alpha value is -2.22. The smallest absolute Gasteiger partial charge is 0.340 e. The number of esters is 1. The summed E-state index contributed by atoms with van der Waals surface area (Å²) in [6.45, 7) is 2.21. The van der Waals surface area contributed by atoms with Crippen molar-refractivity contribution in [1.29, 1.82) is 0 Å². The van der Waals surface area contributed by atoms with E-state index in [9.17, 15) is 19.3 Å². The van der Waals surface area contributed by atoms with Crippen molar-refractivity contribution < 1.29 is 24.0 Å². The van der Waals surface area contributed by atoms with Gasteiger partial charge in [-0.2, -0.15) is 0 Å². The van der Waals surface area contributed by atoms with E-state index in [-0.39, 0.29) is 24.4 Å². The first-order valence-corrected chi connectivity index (χ1v) is 6.38. The Bertz CT molecular complexity index is 530. The summed E-state index contributed by atoms with van der Waals surface area (Å²) in [7, 11) is 1.10. The molecule has 0 saturated carbocycles. The van der Waals surface area contributed by atoms with E-state index < -0.39 is 22.4 Å². The highest BCUT2D eigenvalue weighted by Crippen LogP contribution is 2.31. The molecule has 116 valence electrons. The molecule has 0 radical (unpaired) electrons. The topological polar surface area (TPSA) is 92.9 Å². The third kappa shape index (κ3) is 3.88. The minimum absolute atomic E-state index is 0.0812. The molecule has 0 spiro atoms. The molecule has 7 nitrogen and oxygen atoms in total. The maximum atomic E-state index is 13.8. The van der Waals surface area contributed by atoms with Gasteiger partial charge in [0.1, 0.15) is 11.5 Å². The molecule has 0 unspecified atom stereocenters. The number of carbonyl (C=O) groups is 1. The normalized spacial score (nSPS) is 10.3. The first-order chi connectivity index (χ1) is 9.96. The van der Waals surface area contributed by atoms with E-state index in [0.717, 1.165) is 13.2 Å². The number of carbonyl (C=O) groups excluding carboxylic acids is 1. The van der Waals surface area contributed by atoms with Gasteiger partial charge < -0.3 is 14.7 Å². The SMILES string of the molecule is CCCN(CCO)c1cc(C(=O)OC)c(F)cc1[N+](=O)[O-]. The lowest BCUT2D eigenvalue weighted by molar-refractivity contribution is -0.384. The molecule has 1 rings (SSSR count). The molecule has 1 N–H and O–H groups in total. The predicted octanol–water partition coefficient (Wildman–Crippen LogP) is 1.73. The van der Waals surface area contributed by atoms with Crippen LogP contribution < -0.4 is 4.90 Å². The van der Waals surface area contributed by atoms with E-state index in [1.807, 2.05) is 6.92 Å². The lowest BCUT2D eigenvalue weighted by Gasteiger charge is -2.23. The molecule has 21 heavy (non-hydrogen) atoms. The molecule has 0 fully saturated rings. The van der Waals surface area contributed by atoms with Crippen molar-refractivity contribution in [3.8, 4) is 0 Å². The van der Waals surface area contributed by atoms with Crippen molar-refractivity contribution >= 4 is 17.3 Å². The van der Waals surface area contributed by atoms with Crippen LogP contribution in [-0.2, 0) is 4.74 Å². The molecule has 0 aliphatic heterocycles. The highest BCUT2D eigenvalue weighted by atomic mass is 19.1. The number of nitro benzene ring substituents is 1. The predicted molar refractivity (Wildman–Crippen MR) is 74.0 cm³/mol. The second-order valence-electron chi connectivity index (χ2n) is 4.28. The van der Waals surface area contributed by atoms with Gasteiger partial charge in [-0.15, -0.1) is 0 Å². The number of aliphatic hydroxyl groups is 1. The van der Waals surface area contributed by atoms with E-state index in [1.54, 1.807) is 0 Å². The Balaban J connectivity index is 3.43.